The third-order valence-electron chi connectivity index (χ3n) is 5.87. The van der Waals surface area contributed by atoms with Crippen LogP contribution in [0.5, 0.6) is 11.5 Å². The van der Waals surface area contributed by atoms with Crippen molar-refractivity contribution in [3.05, 3.63) is 84.8 Å². The standard InChI is InChI=1S/C27H26N2O7S/c1-5-36-27(32)21-20(16-9-7-11-18(14-16)34-3)22(26(31)35-4)25-29(23(21)28)24(30)19(37-25)13-15-8-6-10-17(12-15)33-2/h6-14,20H,5,28H2,1-4H3. The zero-order valence-electron chi connectivity index (χ0n) is 20.8. The Kier molecular flexibility index (Phi) is 7.49. The van der Waals surface area contributed by atoms with Crippen LogP contribution in [0.15, 0.2) is 58.9 Å². The zero-order valence-corrected chi connectivity index (χ0v) is 21.6. The Morgan fingerprint density at radius 2 is 1.68 bits per heavy atom. The molecule has 2 aromatic carbocycles. The fourth-order valence-electron chi connectivity index (χ4n) is 4.20. The Balaban J connectivity index is 2.10. The molecule has 0 saturated heterocycles. The van der Waals surface area contributed by atoms with E-state index in [9.17, 15) is 14.4 Å². The predicted molar refractivity (Wildman–Crippen MR) is 140 cm³/mol. The van der Waals surface area contributed by atoms with Gasteiger partial charge in [-0.3, -0.25) is 9.36 Å². The third kappa shape index (κ3) is 4.75. The molecule has 37 heavy (non-hydrogen) atoms. The van der Waals surface area contributed by atoms with Gasteiger partial charge in [0.25, 0.3) is 5.56 Å². The first-order chi connectivity index (χ1) is 17.8. The monoisotopic (exact) mass is 522 g/mol. The predicted octanol–water partition coefficient (Wildman–Crippen LogP) is 1.57. The van der Waals surface area contributed by atoms with Crippen molar-refractivity contribution in [1.29, 1.82) is 0 Å². The number of fused-ring (bicyclic) bond motifs is 1. The minimum absolute atomic E-state index is 0.0316. The Morgan fingerprint density at radius 3 is 2.32 bits per heavy atom. The molecular weight excluding hydrogens is 496 g/mol. The second kappa shape index (κ2) is 10.8. The molecule has 9 nitrogen and oxygen atoms in total. The molecule has 1 atom stereocenters. The number of thiazole rings is 1. The van der Waals surface area contributed by atoms with E-state index in [1.54, 1.807) is 62.6 Å². The summed E-state index contributed by atoms with van der Waals surface area (Å²) in [6.07, 6.45) is 1.67. The summed E-state index contributed by atoms with van der Waals surface area (Å²) in [7, 11) is 4.30. The Bertz CT molecular complexity index is 1580. The first-order valence-corrected chi connectivity index (χ1v) is 12.2. The maximum atomic E-state index is 13.6. The normalized spacial score (nSPS) is 15.3. The second-order valence-electron chi connectivity index (χ2n) is 7.97. The molecule has 2 N–H and O–H groups in total. The number of ether oxygens (including phenoxy) is 4. The average Bonchev–Trinajstić information content (AvgIpc) is 3.23. The maximum absolute atomic E-state index is 13.6. The number of aromatic nitrogens is 1. The molecule has 0 spiro atoms. The van der Waals surface area contributed by atoms with Crippen LogP contribution in [0.3, 0.4) is 0 Å². The fourth-order valence-corrected chi connectivity index (χ4v) is 5.37. The summed E-state index contributed by atoms with van der Waals surface area (Å²) < 4.78 is 22.8. The molecule has 1 aromatic heterocycles. The summed E-state index contributed by atoms with van der Waals surface area (Å²) in [6, 6.07) is 14.1. The van der Waals surface area contributed by atoms with Gasteiger partial charge in [-0.25, -0.2) is 9.59 Å². The Labute approximate surface area is 216 Å². The largest absolute Gasteiger partial charge is 0.497 e. The van der Waals surface area contributed by atoms with Crippen LogP contribution >= 0.6 is 11.3 Å². The minimum Gasteiger partial charge on any atom is -0.497 e. The molecule has 3 aromatic rings. The molecule has 0 radical (unpaired) electrons. The fraction of sp³-hybridized carbons (Fsp3) is 0.222. The summed E-state index contributed by atoms with van der Waals surface area (Å²) in [5.41, 5.74) is 7.35. The zero-order chi connectivity index (χ0) is 26.7. The first kappa shape index (κ1) is 25.8. The van der Waals surface area contributed by atoms with Crippen molar-refractivity contribution in [1.82, 2.24) is 4.57 Å². The molecule has 0 fully saturated rings. The van der Waals surface area contributed by atoms with Crippen molar-refractivity contribution in [2.45, 2.75) is 12.8 Å². The SMILES string of the molecule is CCOC(=O)C1=C(N)n2c(sc(=Cc3cccc(OC)c3)c2=O)=C(C(=O)OC)C1c1cccc(OC)c1. The van der Waals surface area contributed by atoms with Crippen molar-refractivity contribution < 1.29 is 28.5 Å². The van der Waals surface area contributed by atoms with Crippen LogP contribution in [0.2, 0.25) is 0 Å². The number of carbonyl (C=O) groups is 2. The Hall–Kier alpha value is -4.31. The van der Waals surface area contributed by atoms with Gasteiger partial charge in [-0.05, 0) is 48.4 Å². The Morgan fingerprint density at radius 1 is 1.00 bits per heavy atom. The summed E-state index contributed by atoms with van der Waals surface area (Å²) in [5, 5.41) is 0. The number of rotatable bonds is 7. The summed E-state index contributed by atoms with van der Waals surface area (Å²) in [6.45, 7) is 1.74. The van der Waals surface area contributed by atoms with E-state index in [-0.39, 0.29) is 28.2 Å². The van der Waals surface area contributed by atoms with Crippen LogP contribution in [-0.4, -0.2) is 44.4 Å². The number of carbonyl (C=O) groups excluding carboxylic acids is 2. The van der Waals surface area contributed by atoms with Crippen molar-refractivity contribution in [3.63, 3.8) is 0 Å². The van der Waals surface area contributed by atoms with E-state index >= 15 is 0 Å². The molecule has 1 unspecified atom stereocenters. The second-order valence-corrected chi connectivity index (χ2v) is 9.00. The molecule has 0 bridgehead atoms. The summed E-state index contributed by atoms with van der Waals surface area (Å²) in [4.78, 5) is 40.0. The van der Waals surface area contributed by atoms with Gasteiger partial charge in [-0.15, -0.1) is 11.3 Å². The van der Waals surface area contributed by atoms with Gasteiger partial charge in [0.15, 0.2) is 0 Å². The molecule has 4 rings (SSSR count). The number of methoxy groups -OCH3 is 3. The van der Waals surface area contributed by atoms with Gasteiger partial charge >= 0.3 is 11.9 Å². The van der Waals surface area contributed by atoms with Gasteiger partial charge in [0.2, 0.25) is 0 Å². The lowest BCUT2D eigenvalue weighted by atomic mass is 9.83. The molecule has 1 aliphatic rings. The van der Waals surface area contributed by atoms with Gasteiger partial charge in [-0.1, -0.05) is 24.3 Å². The number of hydrogen-bond acceptors (Lipinski definition) is 9. The van der Waals surface area contributed by atoms with E-state index < -0.39 is 23.4 Å². The molecule has 0 saturated carbocycles. The lowest BCUT2D eigenvalue weighted by Crippen LogP contribution is -2.41. The van der Waals surface area contributed by atoms with Gasteiger partial charge in [0.05, 0.1) is 49.5 Å². The first-order valence-electron chi connectivity index (χ1n) is 11.4. The third-order valence-corrected chi connectivity index (χ3v) is 6.98. The van der Waals surface area contributed by atoms with Crippen molar-refractivity contribution in [2.75, 3.05) is 27.9 Å². The molecule has 0 amide bonds. The lowest BCUT2D eigenvalue weighted by molar-refractivity contribution is -0.138. The highest BCUT2D eigenvalue weighted by atomic mass is 32.1. The number of hydrogen-bond donors (Lipinski definition) is 1. The molecule has 2 heterocycles. The van der Waals surface area contributed by atoms with E-state index in [1.165, 1.54) is 18.8 Å². The number of nitrogens with two attached hydrogens (primary N) is 1. The lowest BCUT2D eigenvalue weighted by Gasteiger charge is -2.27. The van der Waals surface area contributed by atoms with Crippen LogP contribution in [0.1, 0.15) is 24.0 Å². The summed E-state index contributed by atoms with van der Waals surface area (Å²) in [5.74, 6) is -1.37. The highest BCUT2D eigenvalue weighted by molar-refractivity contribution is 7.07. The minimum atomic E-state index is -0.954. The van der Waals surface area contributed by atoms with Crippen molar-refractivity contribution in [3.8, 4) is 11.5 Å². The maximum Gasteiger partial charge on any atom is 0.338 e. The summed E-state index contributed by atoms with van der Waals surface area (Å²) >= 11 is 1.08. The van der Waals surface area contributed by atoms with E-state index in [1.807, 2.05) is 6.07 Å². The van der Waals surface area contributed by atoms with Crippen LogP contribution in [0.4, 0.5) is 0 Å². The van der Waals surface area contributed by atoms with Crippen LogP contribution < -0.4 is 30.0 Å². The number of esters is 2. The topological polar surface area (TPSA) is 119 Å². The van der Waals surface area contributed by atoms with Gasteiger partial charge < -0.3 is 24.7 Å². The van der Waals surface area contributed by atoms with E-state index in [0.29, 0.717) is 27.2 Å². The number of nitrogens with zero attached hydrogens (tertiary/aromatic N) is 1. The molecule has 10 heteroatoms. The van der Waals surface area contributed by atoms with Gasteiger partial charge in [-0.2, -0.15) is 0 Å². The van der Waals surface area contributed by atoms with Gasteiger partial charge in [0.1, 0.15) is 22.0 Å². The van der Waals surface area contributed by atoms with Crippen LogP contribution in [-0.2, 0) is 19.1 Å². The van der Waals surface area contributed by atoms with E-state index in [2.05, 4.69) is 0 Å². The molecule has 1 aliphatic heterocycles. The quantitative estimate of drug-likeness (QED) is 0.465. The molecule has 0 aliphatic carbocycles. The molecular formula is C27H26N2O7S. The number of benzene rings is 2. The van der Waals surface area contributed by atoms with Crippen LogP contribution in [0.25, 0.3) is 17.5 Å². The van der Waals surface area contributed by atoms with Crippen molar-refractivity contribution >= 4 is 40.7 Å². The van der Waals surface area contributed by atoms with Gasteiger partial charge in [0, 0.05) is 0 Å². The van der Waals surface area contributed by atoms with E-state index in [0.717, 1.165) is 11.3 Å². The van der Waals surface area contributed by atoms with Crippen molar-refractivity contribution in [2.24, 2.45) is 5.73 Å². The average molecular weight is 523 g/mol. The molecule has 192 valence electrons. The van der Waals surface area contributed by atoms with E-state index in [4.69, 9.17) is 24.7 Å². The smallest absolute Gasteiger partial charge is 0.338 e. The highest BCUT2D eigenvalue weighted by Gasteiger charge is 2.39. The highest BCUT2D eigenvalue weighted by Crippen LogP contribution is 2.38. The van der Waals surface area contributed by atoms with Crippen LogP contribution in [0, 0.1) is 0 Å².